The van der Waals surface area contributed by atoms with Crippen molar-refractivity contribution in [2.45, 2.75) is 19.9 Å². The van der Waals surface area contributed by atoms with Gasteiger partial charge < -0.3 is 19.3 Å². The summed E-state index contributed by atoms with van der Waals surface area (Å²) in [5.74, 6) is 1.45. The maximum Gasteiger partial charge on any atom is 0.253 e. The van der Waals surface area contributed by atoms with Crippen LogP contribution in [0.5, 0.6) is 11.5 Å². The summed E-state index contributed by atoms with van der Waals surface area (Å²) in [6.45, 7) is 3.82. The predicted molar refractivity (Wildman–Crippen MR) is 101 cm³/mol. The zero-order valence-electron chi connectivity index (χ0n) is 15.5. The molecular weight excluding hydrogens is 344 g/mol. The number of amides is 2. The molecule has 0 radical (unpaired) electrons. The van der Waals surface area contributed by atoms with Gasteiger partial charge in [-0.1, -0.05) is 6.07 Å². The molecule has 0 aromatic heterocycles. The molecule has 0 N–H and O–H groups in total. The number of benzene rings is 2. The van der Waals surface area contributed by atoms with Gasteiger partial charge in [0.25, 0.3) is 5.91 Å². The van der Waals surface area contributed by atoms with E-state index in [1.807, 2.05) is 30.3 Å². The Bertz CT molecular complexity index is 909. The fourth-order valence-corrected chi connectivity index (χ4v) is 3.61. The Balaban J connectivity index is 1.49. The molecule has 2 aromatic carbocycles. The van der Waals surface area contributed by atoms with Crippen molar-refractivity contribution < 1.29 is 19.1 Å². The lowest BCUT2D eigenvalue weighted by Gasteiger charge is -2.21. The third kappa shape index (κ3) is 3.35. The number of hydrogen-bond acceptors (Lipinski definition) is 4. The first-order valence-electron chi connectivity index (χ1n) is 9.08. The van der Waals surface area contributed by atoms with Gasteiger partial charge in [-0.3, -0.25) is 9.59 Å². The van der Waals surface area contributed by atoms with Crippen molar-refractivity contribution in [1.82, 2.24) is 4.90 Å². The maximum absolute atomic E-state index is 12.8. The van der Waals surface area contributed by atoms with Gasteiger partial charge in [0.1, 0.15) is 13.2 Å². The quantitative estimate of drug-likeness (QED) is 0.838. The normalized spacial score (nSPS) is 14.7. The van der Waals surface area contributed by atoms with E-state index in [9.17, 15) is 9.59 Å². The van der Waals surface area contributed by atoms with Gasteiger partial charge in [-0.05, 0) is 47.9 Å². The molecule has 2 aromatic rings. The number of carbonyl (C=O) groups is 2. The van der Waals surface area contributed by atoms with Crippen molar-refractivity contribution in [2.75, 3.05) is 31.7 Å². The monoisotopic (exact) mass is 366 g/mol. The van der Waals surface area contributed by atoms with Crippen LogP contribution in [-0.2, 0) is 17.8 Å². The standard InChI is InChI=1S/C21H22N2O4/c1-14(24)23-8-7-16-12-17(4-5-18(16)23)21(25)22(2)13-15-3-6-19-20(11-15)27-10-9-26-19/h3-6,11-12H,7-10,13H2,1-2H3. The van der Waals surface area contributed by atoms with Crippen molar-refractivity contribution >= 4 is 17.5 Å². The summed E-state index contributed by atoms with van der Waals surface area (Å²) in [6, 6.07) is 11.3. The molecule has 2 aliphatic rings. The molecule has 0 aliphatic carbocycles. The third-order valence-corrected chi connectivity index (χ3v) is 4.98. The van der Waals surface area contributed by atoms with Gasteiger partial charge in [-0.15, -0.1) is 0 Å². The van der Waals surface area contributed by atoms with Gasteiger partial charge in [0.05, 0.1) is 0 Å². The van der Waals surface area contributed by atoms with E-state index >= 15 is 0 Å². The molecule has 6 heteroatoms. The second-order valence-corrected chi connectivity index (χ2v) is 6.90. The van der Waals surface area contributed by atoms with Gasteiger partial charge in [-0.2, -0.15) is 0 Å². The molecule has 0 unspecified atom stereocenters. The molecule has 6 nitrogen and oxygen atoms in total. The highest BCUT2D eigenvalue weighted by Crippen LogP contribution is 2.32. The van der Waals surface area contributed by atoms with Crippen molar-refractivity contribution in [1.29, 1.82) is 0 Å². The second-order valence-electron chi connectivity index (χ2n) is 6.90. The van der Waals surface area contributed by atoms with E-state index in [0.717, 1.165) is 34.7 Å². The first-order chi connectivity index (χ1) is 13.0. The van der Waals surface area contributed by atoms with Gasteiger partial charge in [0.15, 0.2) is 11.5 Å². The second kappa shape index (κ2) is 6.95. The molecule has 2 amide bonds. The zero-order chi connectivity index (χ0) is 19.0. The Morgan fingerprint density at radius 1 is 1.07 bits per heavy atom. The number of carbonyl (C=O) groups excluding carboxylic acids is 2. The summed E-state index contributed by atoms with van der Waals surface area (Å²) in [6.07, 6.45) is 0.780. The third-order valence-electron chi connectivity index (χ3n) is 4.98. The van der Waals surface area contributed by atoms with Crippen LogP contribution in [0.15, 0.2) is 36.4 Å². The smallest absolute Gasteiger partial charge is 0.253 e. The SMILES string of the molecule is CC(=O)N1CCc2cc(C(=O)N(C)Cc3ccc4c(c3)OCCO4)ccc21. The highest BCUT2D eigenvalue weighted by atomic mass is 16.6. The Hall–Kier alpha value is -3.02. The van der Waals surface area contributed by atoms with Gasteiger partial charge in [0, 0.05) is 38.3 Å². The van der Waals surface area contributed by atoms with Crippen molar-refractivity contribution in [3.05, 3.63) is 53.1 Å². The van der Waals surface area contributed by atoms with Crippen LogP contribution < -0.4 is 14.4 Å². The molecule has 0 spiro atoms. The van der Waals surface area contributed by atoms with Crippen LogP contribution >= 0.6 is 0 Å². The van der Waals surface area contributed by atoms with Gasteiger partial charge in [0.2, 0.25) is 5.91 Å². The Morgan fingerprint density at radius 3 is 2.63 bits per heavy atom. The predicted octanol–water partition coefficient (Wildman–Crippen LogP) is 2.64. The van der Waals surface area contributed by atoms with Crippen LogP contribution in [0, 0.1) is 0 Å². The summed E-state index contributed by atoms with van der Waals surface area (Å²) in [7, 11) is 1.79. The van der Waals surface area contributed by atoms with E-state index in [-0.39, 0.29) is 11.8 Å². The van der Waals surface area contributed by atoms with Crippen molar-refractivity contribution in [3.8, 4) is 11.5 Å². The molecule has 140 valence electrons. The average molecular weight is 366 g/mol. The fraction of sp³-hybridized carbons (Fsp3) is 0.333. The van der Waals surface area contributed by atoms with Crippen LogP contribution in [0.25, 0.3) is 0 Å². The topological polar surface area (TPSA) is 59.1 Å². The minimum Gasteiger partial charge on any atom is -0.486 e. The van der Waals surface area contributed by atoms with E-state index in [4.69, 9.17) is 9.47 Å². The number of hydrogen-bond donors (Lipinski definition) is 0. The van der Waals surface area contributed by atoms with Crippen LogP contribution in [-0.4, -0.2) is 43.5 Å². The number of ether oxygens (including phenoxy) is 2. The minimum absolute atomic E-state index is 0.0311. The van der Waals surface area contributed by atoms with E-state index in [0.29, 0.717) is 31.9 Å². The fourth-order valence-electron chi connectivity index (χ4n) is 3.61. The maximum atomic E-state index is 12.8. The Kier molecular flexibility index (Phi) is 4.48. The molecule has 2 heterocycles. The molecule has 0 bridgehead atoms. The average Bonchev–Trinajstić information content (AvgIpc) is 3.10. The lowest BCUT2D eigenvalue weighted by molar-refractivity contribution is -0.116. The van der Waals surface area contributed by atoms with Gasteiger partial charge >= 0.3 is 0 Å². The zero-order valence-corrected chi connectivity index (χ0v) is 15.5. The summed E-state index contributed by atoms with van der Waals surface area (Å²) < 4.78 is 11.1. The number of anilines is 1. The summed E-state index contributed by atoms with van der Waals surface area (Å²) in [5, 5.41) is 0. The molecule has 2 aliphatic heterocycles. The minimum atomic E-state index is -0.0473. The lowest BCUT2D eigenvalue weighted by Crippen LogP contribution is -2.27. The van der Waals surface area contributed by atoms with E-state index in [2.05, 4.69) is 0 Å². The molecule has 0 saturated carbocycles. The highest BCUT2D eigenvalue weighted by molar-refractivity contribution is 5.97. The van der Waals surface area contributed by atoms with Crippen LogP contribution in [0.1, 0.15) is 28.4 Å². The summed E-state index contributed by atoms with van der Waals surface area (Å²) in [4.78, 5) is 28.0. The molecule has 0 fully saturated rings. The van der Waals surface area contributed by atoms with Gasteiger partial charge in [-0.25, -0.2) is 0 Å². The number of fused-ring (bicyclic) bond motifs is 2. The van der Waals surface area contributed by atoms with E-state index in [1.54, 1.807) is 29.8 Å². The summed E-state index contributed by atoms with van der Waals surface area (Å²) in [5.41, 5.74) is 3.58. The highest BCUT2D eigenvalue weighted by Gasteiger charge is 2.24. The van der Waals surface area contributed by atoms with E-state index < -0.39 is 0 Å². The molecule has 0 saturated heterocycles. The van der Waals surface area contributed by atoms with Crippen molar-refractivity contribution in [3.63, 3.8) is 0 Å². The largest absolute Gasteiger partial charge is 0.486 e. The summed E-state index contributed by atoms with van der Waals surface area (Å²) >= 11 is 0. The number of nitrogens with zero attached hydrogens (tertiary/aromatic N) is 2. The molecular formula is C21H22N2O4. The van der Waals surface area contributed by atoms with Crippen LogP contribution in [0.4, 0.5) is 5.69 Å². The first kappa shape index (κ1) is 17.4. The molecule has 0 atom stereocenters. The Morgan fingerprint density at radius 2 is 1.85 bits per heavy atom. The first-order valence-corrected chi connectivity index (χ1v) is 9.08. The van der Waals surface area contributed by atoms with Crippen LogP contribution in [0.2, 0.25) is 0 Å². The van der Waals surface area contributed by atoms with Crippen molar-refractivity contribution in [2.24, 2.45) is 0 Å². The molecule has 4 rings (SSSR count). The lowest BCUT2D eigenvalue weighted by atomic mass is 10.1. The number of rotatable bonds is 3. The molecule has 27 heavy (non-hydrogen) atoms. The Labute approximate surface area is 158 Å². The van der Waals surface area contributed by atoms with E-state index in [1.165, 1.54) is 0 Å². The van der Waals surface area contributed by atoms with Crippen LogP contribution in [0.3, 0.4) is 0 Å².